The van der Waals surface area contributed by atoms with Gasteiger partial charge in [-0.3, -0.25) is 19.2 Å². The van der Waals surface area contributed by atoms with E-state index < -0.39 is 74.4 Å². The van der Waals surface area contributed by atoms with Crippen LogP contribution in [0, 0.1) is 6.92 Å². The number of esters is 2. The molecule has 1 saturated heterocycles. The molecule has 4 aromatic rings. The van der Waals surface area contributed by atoms with Gasteiger partial charge in [0.25, 0.3) is 0 Å². The fraction of sp³-hybridized carbons (Fsp3) is 0.326. The summed E-state index contributed by atoms with van der Waals surface area (Å²) >= 11 is 0. The molecule has 1 N–H and O–H groups in total. The number of carbonyl (C=O) groups is 5. The number of hydrogen-bond donors (Lipinski definition) is 1. The number of rotatable bonds is 19. The number of aryl methyl sites for hydroxylation is 1. The summed E-state index contributed by atoms with van der Waals surface area (Å²) in [6.07, 6.45) is 1.03. The summed E-state index contributed by atoms with van der Waals surface area (Å²) in [7, 11) is -8.35. The van der Waals surface area contributed by atoms with Crippen molar-refractivity contribution in [3.05, 3.63) is 114 Å². The molecule has 4 amide bonds. The number of hydrogen-bond acceptors (Lipinski definition) is 15. The lowest BCUT2D eigenvalue weighted by Crippen LogP contribution is -2.78. The van der Waals surface area contributed by atoms with Crippen LogP contribution < -0.4 is 28.1 Å². The maximum absolute atomic E-state index is 15.1. The summed E-state index contributed by atoms with van der Waals surface area (Å²) < 4.78 is 84.1. The summed E-state index contributed by atoms with van der Waals surface area (Å²) in [6, 6.07) is 26.0. The number of para-hydroxylation sites is 3. The maximum atomic E-state index is 15.1. The predicted octanol–water partition coefficient (Wildman–Crippen LogP) is 2.83. The second-order valence-corrected chi connectivity index (χ2v) is 18.1. The molecule has 2 aliphatic heterocycles. The highest BCUT2D eigenvalue weighted by molar-refractivity contribution is 7.92. The van der Waals surface area contributed by atoms with Crippen molar-refractivity contribution in [2.75, 3.05) is 74.6 Å². The van der Waals surface area contributed by atoms with Crippen LogP contribution in [0.4, 0.5) is 16.2 Å². The van der Waals surface area contributed by atoms with Crippen LogP contribution in [-0.4, -0.2) is 128 Å². The molecular formula is C43H47N5O14S2. The van der Waals surface area contributed by atoms with Gasteiger partial charge in [0.05, 0.1) is 17.7 Å². The monoisotopic (exact) mass is 921 g/mol. The zero-order valence-electron chi connectivity index (χ0n) is 35.2. The van der Waals surface area contributed by atoms with Gasteiger partial charge in [0, 0.05) is 30.9 Å². The van der Waals surface area contributed by atoms with Gasteiger partial charge in [-0.15, -0.1) is 0 Å². The van der Waals surface area contributed by atoms with Crippen molar-refractivity contribution < 1.29 is 64.5 Å². The molecule has 6 rings (SSSR count). The van der Waals surface area contributed by atoms with E-state index in [4.69, 9.17) is 23.7 Å². The third kappa shape index (κ3) is 10.9. The molecule has 21 heteroatoms. The molecule has 1 spiro atoms. The van der Waals surface area contributed by atoms with Crippen LogP contribution in [-0.2, 0) is 54.5 Å². The van der Waals surface area contributed by atoms with Crippen LogP contribution in [0.15, 0.2) is 103 Å². The number of ether oxygens (including phenoxy) is 5. The minimum atomic E-state index is -4.85. The Balaban J connectivity index is 1.38. The molecule has 2 aliphatic rings. The number of barbiturate groups is 1. The van der Waals surface area contributed by atoms with Gasteiger partial charge >= 0.3 is 35.5 Å². The fourth-order valence-electron chi connectivity index (χ4n) is 6.93. The van der Waals surface area contributed by atoms with Crippen LogP contribution in [0.2, 0.25) is 0 Å². The van der Waals surface area contributed by atoms with Crippen LogP contribution in [0.25, 0.3) is 0 Å². The first kappa shape index (κ1) is 46.8. The number of benzene rings is 4. The van der Waals surface area contributed by atoms with Crippen LogP contribution in [0.5, 0.6) is 17.2 Å². The van der Waals surface area contributed by atoms with E-state index in [9.17, 15) is 31.2 Å². The molecule has 340 valence electrons. The molecule has 1 fully saturated rings. The van der Waals surface area contributed by atoms with E-state index in [0.717, 1.165) is 6.26 Å². The molecule has 0 unspecified atom stereocenters. The molecule has 0 radical (unpaired) electrons. The fourth-order valence-corrected chi connectivity index (χ4v) is 9.24. The Labute approximate surface area is 370 Å². The van der Waals surface area contributed by atoms with Crippen molar-refractivity contribution in [1.82, 2.24) is 14.5 Å². The Morgan fingerprint density at radius 1 is 0.781 bits per heavy atom. The molecular weight excluding hydrogens is 875 g/mol. The predicted molar refractivity (Wildman–Crippen MR) is 231 cm³/mol. The molecule has 0 aliphatic carbocycles. The Morgan fingerprint density at radius 3 is 1.83 bits per heavy atom. The number of carbonyl (C=O) groups excluding carboxylic acids is 5. The van der Waals surface area contributed by atoms with Gasteiger partial charge in [0.1, 0.15) is 56.8 Å². The molecule has 0 atom stereocenters. The smallest absolute Gasteiger partial charge is 0.357 e. The van der Waals surface area contributed by atoms with E-state index >= 15 is 9.59 Å². The average molecular weight is 922 g/mol. The lowest BCUT2D eigenvalue weighted by atomic mass is 10.0. The summed E-state index contributed by atoms with van der Waals surface area (Å²) in [6.45, 7) is 0.852. The van der Waals surface area contributed by atoms with Gasteiger partial charge in [0.2, 0.25) is 20.0 Å². The maximum Gasteiger partial charge on any atom is 0.357 e. The van der Waals surface area contributed by atoms with Crippen molar-refractivity contribution in [2.24, 2.45) is 0 Å². The average Bonchev–Trinajstić information content (AvgIpc) is 3.37. The molecule has 0 bridgehead atoms. The van der Waals surface area contributed by atoms with E-state index in [1.165, 1.54) is 43.3 Å². The minimum absolute atomic E-state index is 0.0524. The second kappa shape index (κ2) is 20.2. The van der Waals surface area contributed by atoms with E-state index in [2.05, 4.69) is 4.72 Å². The van der Waals surface area contributed by atoms with Gasteiger partial charge in [-0.1, -0.05) is 54.6 Å². The lowest BCUT2D eigenvalue weighted by Gasteiger charge is -2.47. The minimum Gasteiger partial charge on any atom is -0.490 e. The number of amides is 4. The van der Waals surface area contributed by atoms with Crippen LogP contribution in [0.1, 0.15) is 18.1 Å². The van der Waals surface area contributed by atoms with E-state index in [1.54, 1.807) is 71.6 Å². The molecule has 64 heavy (non-hydrogen) atoms. The highest BCUT2D eigenvalue weighted by Gasteiger charge is 2.68. The number of sulfonamides is 2. The zero-order valence-corrected chi connectivity index (χ0v) is 36.8. The van der Waals surface area contributed by atoms with Gasteiger partial charge in [0.15, 0.2) is 0 Å². The van der Waals surface area contributed by atoms with Gasteiger partial charge in [-0.05, 0) is 67.9 Å². The standard InChI is InChI=1S/C43H47N5O14S2/c1-4-45(22-21-44-63(3,54)55)33-19-20-36(31(2)27-33)48-43(62-37-18-12-11-13-32(37)30-64(48,56)57)40(51)46(28-38(49)60-25-23-58-34-14-7-5-8-15-34)42(53)47(41(43)52)29-39(50)61-26-24-59-35-16-9-6-10-17-35/h5-20,27,44H,4,21-26,28-30H2,1-3H3. The summed E-state index contributed by atoms with van der Waals surface area (Å²) in [5, 5.41) is 0. The van der Waals surface area contributed by atoms with E-state index in [0.29, 0.717) is 37.8 Å². The highest BCUT2D eigenvalue weighted by Crippen LogP contribution is 2.43. The Hall–Kier alpha value is -6.71. The Morgan fingerprint density at radius 2 is 1.31 bits per heavy atom. The molecule has 4 aromatic carbocycles. The first-order valence-electron chi connectivity index (χ1n) is 20.0. The second-order valence-electron chi connectivity index (χ2n) is 14.4. The van der Waals surface area contributed by atoms with Crippen molar-refractivity contribution >= 4 is 61.2 Å². The first-order valence-corrected chi connectivity index (χ1v) is 23.5. The van der Waals surface area contributed by atoms with Gasteiger partial charge < -0.3 is 28.6 Å². The number of imide groups is 2. The Bertz CT molecular complexity index is 2500. The van der Waals surface area contributed by atoms with E-state index in [-0.39, 0.29) is 62.1 Å². The first-order chi connectivity index (χ1) is 30.5. The number of likely N-dealkylation sites (N-methyl/N-ethyl adjacent to an activating group) is 1. The van der Waals surface area contributed by atoms with Crippen molar-refractivity contribution in [3.8, 4) is 17.2 Å². The molecule has 0 aromatic heterocycles. The number of nitrogens with one attached hydrogen (secondary N) is 1. The molecule has 0 saturated carbocycles. The summed E-state index contributed by atoms with van der Waals surface area (Å²) in [5.74, 6) is -5.44. The quantitative estimate of drug-likeness (QED) is 0.0811. The van der Waals surface area contributed by atoms with Crippen LogP contribution in [0.3, 0.4) is 0 Å². The Kier molecular flexibility index (Phi) is 14.8. The van der Waals surface area contributed by atoms with Gasteiger partial charge in [-0.2, -0.15) is 0 Å². The zero-order chi connectivity index (χ0) is 46.1. The highest BCUT2D eigenvalue weighted by atomic mass is 32.2. The molecule has 19 nitrogen and oxygen atoms in total. The number of urea groups is 1. The van der Waals surface area contributed by atoms with E-state index in [1.807, 2.05) is 6.92 Å². The summed E-state index contributed by atoms with van der Waals surface area (Å²) in [5.41, 5.74) is -2.74. The number of anilines is 2. The molecule has 2 heterocycles. The normalized spacial score (nSPS) is 15.5. The largest absolute Gasteiger partial charge is 0.490 e. The van der Waals surface area contributed by atoms with Crippen molar-refractivity contribution in [1.29, 1.82) is 0 Å². The SMILES string of the molecule is CCN(CCNS(C)(=O)=O)c1ccc(N2C3(Oc4ccccc4CS2(=O)=O)C(=O)N(CC(=O)OCCOc2ccccc2)C(=O)N(CC(=O)OCCOc2ccccc2)C3=O)c(C)c1. The van der Waals surface area contributed by atoms with Gasteiger partial charge in [-0.25, -0.2) is 40.5 Å². The third-order valence-electron chi connectivity index (χ3n) is 9.85. The van der Waals surface area contributed by atoms with Crippen molar-refractivity contribution in [3.63, 3.8) is 0 Å². The lowest BCUT2D eigenvalue weighted by molar-refractivity contribution is -0.170. The third-order valence-corrected chi connectivity index (χ3v) is 12.3. The van der Waals surface area contributed by atoms with Crippen molar-refractivity contribution in [2.45, 2.75) is 25.3 Å². The number of nitrogens with zero attached hydrogens (tertiary/aromatic N) is 4. The topological polar surface area (TPSA) is 225 Å². The summed E-state index contributed by atoms with van der Waals surface area (Å²) in [4.78, 5) is 73.7. The van der Waals surface area contributed by atoms with Crippen LogP contribution >= 0.6 is 0 Å². The number of fused-ring (bicyclic) bond motifs is 1.